The molecule has 0 aromatic heterocycles. The normalized spacial score (nSPS) is 36.9. The van der Waals surface area contributed by atoms with Crippen molar-refractivity contribution in [2.24, 2.45) is 5.92 Å². The molecule has 3 fully saturated rings. The molecule has 1 saturated heterocycles. The molecule has 196 valence electrons. The number of nitrogens with one attached hydrogen (secondary N) is 1. The maximum Gasteiger partial charge on any atom is 0.224 e. The number of methoxy groups -OCH3 is 1. The Balaban J connectivity index is 1.23. The van der Waals surface area contributed by atoms with Gasteiger partial charge in [0.05, 0.1) is 38.1 Å². The number of amides is 1. The molecule has 1 spiro atoms. The number of aliphatic hydroxyl groups is 1. The Labute approximate surface area is 216 Å². The summed E-state index contributed by atoms with van der Waals surface area (Å²) >= 11 is 0. The highest BCUT2D eigenvalue weighted by Crippen LogP contribution is 2.66. The zero-order valence-electron chi connectivity index (χ0n) is 21.1. The number of carbonyl (C=O) groups excluding carboxylic acids is 1. The zero-order valence-corrected chi connectivity index (χ0v) is 21.1. The molecule has 3 N–H and O–H groups in total. The average molecular weight is 507 g/mol. The minimum absolute atomic E-state index is 0.0538. The third kappa shape index (κ3) is 3.22. The summed E-state index contributed by atoms with van der Waals surface area (Å²) in [6, 6.07) is 10.2. The number of hydrogen-bond donors (Lipinski definition) is 3. The highest BCUT2D eigenvalue weighted by Gasteiger charge is 2.76. The molecule has 0 radical (unpaired) electrons. The molecule has 2 aromatic rings. The first-order chi connectivity index (χ1) is 17.8. The van der Waals surface area contributed by atoms with E-state index in [4.69, 9.17) is 9.47 Å². The Morgan fingerprint density at radius 1 is 1.19 bits per heavy atom. The van der Waals surface area contributed by atoms with Gasteiger partial charge in [0.2, 0.25) is 5.91 Å². The molecule has 2 bridgehead atoms. The van der Waals surface area contributed by atoms with Crippen molar-refractivity contribution in [2.45, 2.75) is 74.1 Å². The molecule has 37 heavy (non-hydrogen) atoms. The second-order valence-electron chi connectivity index (χ2n) is 11.9. The molecule has 2 heterocycles. The lowest BCUT2D eigenvalue weighted by Crippen LogP contribution is -2.81. The summed E-state index contributed by atoms with van der Waals surface area (Å²) < 4.78 is 11.3. The predicted molar refractivity (Wildman–Crippen MR) is 135 cm³/mol. The van der Waals surface area contributed by atoms with Crippen molar-refractivity contribution in [1.82, 2.24) is 5.32 Å². The summed E-state index contributed by atoms with van der Waals surface area (Å²) in [4.78, 5) is 13.1. The quantitative estimate of drug-likeness (QED) is 0.411. The Bertz CT molecular complexity index is 1260. The number of carbonyl (C=O) groups is 1. The fourth-order valence-electron chi connectivity index (χ4n) is 8.09. The van der Waals surface area contributed by atoms with Gasteiger partial charge >= 0.3 is 0 Å². The Morgan fingerprint density at radius 3 is 2.70 bits per heavy atom. The molecule has 3 aliphatic carbocycles. The first kappa shape index (κ1) is 23.3. The van der Waals surface area contributed by atoms with E-state index in [1.807, 2.05) is 30.3 Å². The molecular weight excluding hydrogens is 472 g/mol. The molecule has 2 saturated carbocycles. The van der Waals surface area contributed by atoms with Gasteiger partial charge in [-0.15, -0.1) is 0 Å². The summed E-state index contributed by atoms with van der Waals surface area (Å²) in [6.45, 7) is 0.987. The van der Waals surface area contributed by atoms with Crippen LogP contribution in [0.2, 0.25) is 0 Å². The van der Waals surface area contributed by atoms with Crippen molar-refractivity contribution in [1.29, 1.82) is 0 Å². The number of piperidine rings is 1. The fourth-order valence-corrected chi connectivity index (χ4v) is 8.09. The second-order valence-corrected chi connectivity index (χ2v) is 11.9. The van der Waals surface area contributed by atoms with Crippen LogP contribution in [0.25, 0.3) is 0 Å². The maximum absolute atomic E-state index is 14.3. The van der Waals surface area contributed by atoms with E-state index in [2.05, 4.69) is 5.32 Å². The Hall–Kier alpha value is -2.81. The van der Waals surface area contributed by atoms with Crippen LogP contribution in [0.3, 0.4) is 0 Å². The highest BCUT2D eigenvalue weighted by molar-refractivity contribution is 5.79. The van der Waals surface area contributed by atoms with E-state index in [1.165, 1.54) is 0 Å². The number of benzene rings is 2. The largest absolute Gasteiger partial charge is 0.632 e. The van der Waals surface area contributed by atoms with Gasteiger partial charge in [0.1, 0.15) is 23.5 Å². The average Bonchev–Trinajstić information content (AvgIpc) is 3.61. The number of hydroxylamine groups is 3. The highest BCUT2D eigenvalue weighted by atomic mass is 16.6. The van der Waals surface area contributed by atoms with Gasteiger partial charge < -0.3 is 34.9 Å². The van der Waals surface area contributed by atoms with Gasteiger partial charge in [0.15, 0.2) is 11.5 Å². The zero-order chi connectivity index (χ0) is 25.6. The fraction of sp³-hybridized carbons (Fsp3) is 0.552. The topological polar surface area (TPSA) is 111 Å². The predicted octanol–water partition coefficient (Wildman–Crippen LogP) is 2.71. The van der Waals surface area contributed by atoms with Gasteiger partial charge in [-0.05, 0) is 55.0 Å². The van der Waals surface area contributed by atoms with E-state index in [9.17, 15) is 20.2 Å². The number of quaternary nitrogens is 1. The van der Waals surface area contributed by atoms with E-state index < -0.39 is 23.2 Å². The van der Waals surface area contributed by atoms with Crippen molar-refractivity contribution < 1.29 is 29.1 Å². The van der Waals surface area contributed by atoms with Crippen molar-refractivity contribution in [3.8, 4) is 17.2 Å². The van der Waals surface area contributed by atoms with Crippen molar-refractivity contribution in [3.63, 3.8) is 0 Å². The van der Waals surface area contributed by atoms with Gasteiger partial charge in [-0.3, -0.25) is 4.79 Å². The standard InChI is InChI=1S/C29H34N2O6/c1-36-20-7-4-17(5-8-20)14-24(33)30-21-10-11-29(34)23-15-19-6-9-22(32)26-25(19)28(29,27(21)37-26)12-13-31(23,35)16-18-2-3-18/h4-9,18,21,23,27,32,34H,2-3,10-16H2,1H3,(H,30,33)/t21-,23-,27+,28?,29-,31?/m1/s1. The second kappa shape index (κ2) is 7.85. The summed E-state index contributed by atoms with van der Waals surface area (Å²) in [5.41, 5.74) is 0.677. The number of likely N-dealkylation sites (tertiary alicyclic amines) is 1. The first-order valence-electron chi connectivity index (χ1n) is 13.5. The Kier molecular flexibility index (Phi) is 4.95. The van der Waals surface area contributed by atoms with Gasteiger partial charge in [-0.2, -0.15) is 0 Å². The molecule has 6 atom stereocenters. The molecule has 5 aliphatic rings. The lowest BCUT2D eigenvalue weighted by molar-refractivity contribution is -0.924. The number of aromatic hydroxyl groups is 1. The number of nitrogens with zero attached hydrogens (tertiary/aromatic N) is 1. The SMILES string of the molecule is COc1ccc(CC(=O)N[C@@H]2CC[C@@]3(O)[C@H]4Cc5ccc(O)c6c5C3(CC[N+]4([O-])CC3CC3)[C@H]2O6)cc1. The third-order valence-electron chi connectivity index (χ3n) is 9.93. The number of hydrogen-bond acceptors (Lipinski definition) is 6. The van der Waals surface area contributed by atoms with Crippen molar-refractivity contribution in [3.05, 3.63) is 58.3 Å². The molecule has 8 heteroatoms. The van der Waals surface area contributed by atoms with Crippen molar-refractivity contribution in [2.75, 3.05) is 20.2 Å². The van der Waals surface area contributed by atoms with Crippen LogP contribution in [0.4, 0.5) is 0 Å². The number of phenolic OH excluding ortho intramolecular Hbond substituents is 1. The smallest absolute Gasteiger partial charge is 0.224 e. The first-order valence-corrected chi connectivity index (χ1v) is 13.5. The monoisotopic (exact) mass is 506 g/mol. The number of phenols is 1. The van der Waals surface area contributed by atoms with E-state index in [0.29, 0.717) is 50.4 Å². The Morgan fingerprint density at radius 2 is 1.97 bits per heavy atom. The maximum atomic E-state index is 14.3. The molecular formula is C29H34N2O6. The number of rotatable bonds is 6. The van der Waals surface area contributed by atoms with Crippen LogP contribution < -0.4 is 14.8 Å². The summed E-state index contributed by atoms with van der Waals surface area (Å²) in [6.07, 6.45) is 3.79. The summed E-state index contributed by atoms with van der Waals surface area (Å²) in [5, 5.41) is 40.7. The van der Waals surface area contributed by atoms with Crippen LogP contribution in [-0.2, 0) is 23.1 Å². The van der Waals surface area contributed by atoms with Gasteiger partial charge in [-0.1, -0.05) is 18.2 Å². The summed E-state index contributed by atoms with van der Waals surface area (Å²) in [7, 11) is 1.61. The molecule has 2 aliphatic heterocycles. The lowest BCUT2D eigenvalue weighted by atomic mass is 9.48. The number of ether oxygens (including phenoxy) is 2. The van der Waals surface area contributed by atoms with E-state index in [0.717, 1.165) is 35.3 Å². The third-order valence-corrected chi connectivity index (χ3v) is 9.93. The van der Waals surface area contributed by atoms with Crippen LogP contribution in [0.15, 0.2) is 36.4 Å². The summed E-state index contributed by atoms with van der Waals surface area (Å²) in [5.74, 6) is 1.55. The van der Waals surface area contributed by atoms with Gasteiger partial charge in [-0.25, -0.2) is 0 Å². The van der Waals surface area contributed by atoms with Crippen LogP contribution in [0.1, 0.15) is 48.8 Å². The molecule has 7 rings (SSSR count). The van der Waals surface area contributed by atoms with Gasteiger partial charge in [0, 0.05) is 24.3 Å². The van der Waals surface area contributed by atoms with Crippen molar-refractivity contribution >= 4 is 5.91 Å². The van der Waals surface area contributed by atoms with Crippen LogP contribution >= 0.6 is 0 Å². The van der Waals surface area contributed by atoms with Crippen LogP contribution in [-0.4, -0.2) is 64.8 Å². The molecule has 1 amide bonds. The van der Waals surface area contributed by atoms with Crippen LogP contribution in [0, 0.1) is 11.1 Å². The molecule has 2 aromatic carbocycles. The van der Waals surface area contributed by atoms with E-state index >= 15 is 0 Å². The van der Waals surface area contributed by atoms with E-state index in [1.54, 1.807) is 13.2 Å². The van der Waals surface area contributed by atoms with Gasteiger partial charge in [0.25, 0.3) is 0 Å². The lowest BCUT2D eigenvalue weighted by Gasteiger charge is -2.68. The minimum atomic E-state index is -1.24. The molecule has 8 nitrogen and oxygen atoms in total. The van der Waals surface area contributed by atoms with Crippen LogP contribution in [0.5, 0.6) is 17.2 Å². The molecule has 2 unspecified atom stereocenters. The minimum Gasteiger partial charge on any atom is -0.632 e. The van der Waals surface area contributed by atoms with E-state index in [-0.39, 0.29) is 28.8 Å².